The number of carbonyl (C=O) groups excluding carboxylic acids is 2. The molecule has 4 heteroatoms. The van der Waals surface area contributed by atoms with Crippen LogP contribution in [0.25, 0.3) is 0 Å². The first kappa shape index (κ1) is 14.8. The molecule has 0 aromatic heterocycles. The predicted molar refractivity (Wildman–Crippen MR) is 82.8 cm³/mol. The van der Waals surface area contributed by atoms with E-state index in [0.717, 1.165) is 16.7 Å². The number of anilines is 1. The van der Waals surface area contributed by atoms with Crippen LogP contribution in [-0.4, -0.2) is 11.8 Å². The fourth-order valence-electron chi connectivity index (χ4n) is 2.00. The van der Waals surface area contributed by atoms with Crippen LogP contribution in [0.15, 0.2) is 48.5 Å². The summed E-state index contributed by atoms with van der Waals surface area (Å²) in [6.07, 6.45) is 0. The molecule has 0 fully saturated rings. The van der Waals surface area contributed by atoms with Crippen LogP contribution in [0.5, 0.6) is 0 Å². The fraction of sp³-hybridized carbons (Fsp3) is 0.176. The van der Waals surface area contributed by atoms with Crippen LogP contribution in [0, 0.1) is 13.8 Å². The van der Waals surface area contributed by atoms with Gasteiger partial charge in [0.15, 0.2) is 0 Å². The van der Waals surface area contributed by atoms with Crippen LogP contribution in [0.3, 0.4) is 0 Å². The normalized spacial score (nSPS) is 10.0. The number of nitrogens with one attached hydrogen (secondary N) is 2. The van der Waals surface area contributed by atoms with Crippen molar-refractivity contribution in [1.29, 1.82) is 0 Å². The molecule has 2 rings (SSSR count). The van der Waals surface area contributed by atoms with Gasteiger partial charge in [0.2, 0.25) is 0 Å². The topological polar surface area (TPSA) is 58.2 Å². The van der Waals surface area contributed by atoms with Gasteiger partial charge in [-0.1, -0.05) is 42.0 Å². The first-order valence-electron chi connectivity index (χ1n) is 6.76. The van der Waals surface area contributed by atoms with E-state index in [9.17, 15) is 9.59 Å². The van der Waals surface area contributed by atoms with E-state index >= 15 is 0 Å². The van der Waals surface area contributed by atoms with E-state index in [0.29, 0.717) is 12.2 Å². The minimum absolute atomic E-state index is 0.335. The van der Waals surface area contributed by atoms with Crippen molar-refractivity contribution in [1.82, 2.24) is 5.32 Å². The summed E-state index contributed by atoms with van der Waals surface area (Å²) in [6.45, 7) is 4.24. The third-order valence-electron chi connectivity index (χ3n) is 3.02. The van der Waals surface area contributed by atoms with E-state index in [-0.39, 0.29) is 0 Å². The Bertz CT molecular complexity index is 665. The van der Waals surface area contributed by atoms with Gasteiger partial charge in [0.25, 0.3) is 0 Å². The Labute approximate surface area is 124 Å². The maximum Gasteiger partial charge on any atom is 0.313 e. The van der Waals surface area contributed by atoms with Crippen LogP contribution in [0.4, 0.5) is 5.69 Å². The highest BCUT2D eigenvalue weighted by atomic mass is 16.2. The average molecular weight is 282 g/mol. The van der Waals surface area contributed by atoms with Crippen molar-refractivity contribution in [2.75, 3.05) is 5.32 Å². The summed E-state index contributed by atoms with van der Waals surface area (Å²) in [5.41, 5.74) is 3.72. The first-order valence-corrected chi connectivity index (χ1v) is 6.76. The highest BCUT2D eigenvalue weighted by Gasteiger charge is 2.13. The second-order valence-corrected chi connectivity index (χ2v) is 5.00. The molecule has 108 valence electrons. The monoisotopic (exact) mass is 282 g/mol. The Morgan fingerprint density at radius 3 is 2.24 bits per heavy atom. The molecule has 0 saturated heterocycles. The summed E-state index contributed by atoms with van der Waals surface area (Å²) >= 11 is 0. The lowest BCUT2D eigenvalue weighted by Crippen LogP contribution is -2.34. The van der Waals surface area contributed by atoms with Crippen LogP contribution in [-0.2, 0) is 16.1 Å². The highest BCUT2D eigenvalue weighted by Crippen LogP contribution is 2.09. The Morgan fingerprint density at radius 1 is 0.905 bits per heavy atom. The maximum atomic E-state index is 11.8. The van der Waals surface area contributed by atoms with Gasteiger partial charge in [0.1, 0.15) is 0 Å². The van der Waals surface area contributed by atoms with Crippen LogP contribution in [0.1, 0.15) is 16.7 Å². The summed E-state index contributed by atoms with van der Waals surface area (Å²) in [7, 11) is 0. The molecular weight excluding hydrogens is 264 g/mol. The molecule has 0 bridgehead atoms. The zero-order chi connectivity index (χ0) is 15.2. The molecule has 0 aliphatic heterocycles. The van der Waals surface area contributed by atoms with Crippen molar-refractivity contribution in [3.8, 4) is 0 Å². The van der Waals surface area contributed by atoms with Crippen molar-refractivity contribution in [3.63, 3.8) is 0 Å². The number of benzene rings is 2. The molecule has 0 heterocycles. The van der Waals surface area contributed by atoms with E-state index in [1.54, 1.807) is 6.07 Å². The molecule has 2 aromatic rings. The Morgan fingerprint density at radius 2 is 1.57 bits per heavy atom. The van der Waals surface area contributed by atoms with Gasteiger partial charge in [-0.05, 0) is 37.1 Å². The molecule has 0 atom stereocenters. The fourth-order valence-corrected chi connectivity index (χ4v) is 2.00. The lowest BCUT2D eigenvalue weighted by molar-refractivity contribution is -0.136. The molecule has 0 saturated carbocycles. The third kappa shape index (κ3) is 4.45. The van der Waals surface area contributed by atoms with Crippen molar-refractivity contribution in [3.05, 3.63) is 65.2 Å². The minimum Gasteiger partial charge on any atom is -0.344 e. The number of hydrogen-bond acceptors (Lipinski definition) is 2. The second-order valence-electron chi connectivity index (χ2n) is 5.00. The van der Waals surface area contributed by atoms with Crippen LogP contribution >= 0.6 is 0 Å². The van der Waals surface area contributed by atoms with Crippen molar-refractivity contribution in [2.45, 2.75) is 20.4 Å². The average Bonchev–Trinajstić information content (AvgIpc) is 2.45. The highest BCUT2D eigenvalue weighted by molar-refractivity contribution is 6.39. The summed E-state index contributed by atoms with van der Waals surface area (Å²) in [6, 6.07) is 15.1. The quantitative estimate of drug-likeness (QED) is 0.850. The predicted octanol–water partition coefficient (Wildman–Crippen LogP) is 2.56. The van der Waals surface area contributed by atoms with E-state index in [4.69, 9.17) is 0 Å². The van der Waals surface area contributed by atoms with E-state index in [1.807, 2.05) is 56.3 Å². The maximum absolute atomic E-state index is 11.8. The number of carbonyl (C=O) groups is 2. The van der Waals surface area contributed by atoms with Crippen molar-refractivity contribution < 1.29 is 9.59 Å². The molecule has 0 aliphatic carbocycles. The van der Waals surface area contributed by atoms with Gasteiger partial charge in [0, 0.05) is 12.2 Å². The van der Waals surface area contributed by atoms with Crippen LogP contribution in [0.2, 0.25) is 0 Å². The van der Waals surface area contributed by atoms with Gasteiger partial charge in [0.05, 0.1) is 0 Å². The minimum atomic E-state index is -0.659. The second kappa shape index (κ2) is 6.70. The molecule has 0 aliphatic rings. The zero-order valence-electron chi connectivity index (χ0n) is 12.1. The van der Waals surface area contributed by atoms with Gasteiger partial charge < -0.3 is 10.6 Å². The van der Waals surface area contributed by atoms with E-state index < -0.39 is 11.8 Å². The van der Waals surface area contributed by atoms with Crippen LogP contribution < -0.4 is 10.6 Å². The Kier molecular flexibility index (Phi) is 4.72. The molecule has 0 spiro atoms. The number of rotatable bonds is 3. The molecule has 21 heavy (non-hydrogen) atoms. The molecule has 2 N–H and O–H groups in total. The molecule has 4 nitrogen and oxygen atoms in total. The SMILES string of the molecule is Cc1cccc(CNC(=O)C(=O)Nc2cccc(C)c2)c1. The van der Waals surface area contributed by atoms with Gasteiger partial charge in [-0.2, -0.15) is 0 Å². The lowest BCUT2D eigenvalue weighted by Gasteiger charge is -2.07. The molecule has 0 radical (unpaired) electrons. The standard InChI is InChI=1S/C17H18N2O2/c1-12-5-3-7-14(9-12)11-18-16(20)17(21)19-15-8-4-6-13(2)10-15/h3-10H,11H2,1-2H3,(H,18,20)(H,19,21). The van der Waals surface area contributed by atoms with E-state index in [1.165, 1.54) is 0 Å². The number of hydrogen-bond donors (Lipinski definition) is 2. The lowest BCUT2D eigenvalue weighted by atomic mass is 10.1. The van der Waals surface area contributed by atoms with Crippen molar-refractivity contribution in [2.24, 2.45) is 0 Å². The molecular formula is C17H18N2O2. The summed E-state index contributed by atoms with van der Waals surface area (Å²) in [4.78, 5) is 23.6. The zero-order valence-corrected chi connectivity index (χ0v) is 12.1. The Hall–Kier alpha value is -2.62. The van der Waals surface area contributed by atoms with Gasteiger partial charge in [-0.3, -0.25) is 9.59 Å². The summed E-state index contributed by atoms with van der Waals surface area (Å²) in [5, 5.41) is 5.19. The van der Waals surface area contributed by atoms with E-state index in [2.05, 4.69) is 10.6 Å². The molecule has 0 unspecified atom stereocenters. The van der Waals surface area contributed by atoms with Gasteiger partial charge in [-0.25, -0.2) is 0 Å². The molecule has 2 aromatic carbocycles. The summed E-state index contributed by atoms with van der Waals surface area (Å²) < 4.78 is 0. The summed E-state index contributed by atoms with van der Waals surface area (Å²) in [5.74, 6) is -1.30. The number of amides is 2. The van der Waals surface area contributed by atoms with Crippen molar-refractivity contribution >= 4 is 17.5 Å². The van der Waals surface area contributed by atoms with Gasteiger partial charge in [-0.15, -0.1) is 0 Å². The molecule has 2 amide bonds. The van der Waals surface area contributed by atoms with Gasteiger partial charge >= 0.3 is 11.8 Å². The third-order valence-corrected chi connectivity index (χ3v) is 3.02. The smallest absolute Gasteiger partial charge is 0.313 e. The largest absolute Gasteiger partial charge is 0.344 e. The first-order chi connectivity index (χ1) is 10.0. The number of aryl methyl sites for hydroxylation is 2. The Balaban J connectivity index is 1.89.